The minimum Gasteiger partial charge on any atom is -0.309 e. The number of para-hydroxylation sites is 3. The van der Waals surface area contributed by atoms with E-state index in [4.69, 9.17) is 9.97 Å². The van der Waals surface area contributed by atoms with Crippen molar-refractivity contribution < 1.29 is 0 Å². The minimum absolute atomic E-state index is 0.622. The molecule has 0 aliphatic heterocycles. The largest absolute Gasteiger partial charge is 0.309 e. The molecule has 69 heavy (non-hydrogen) atoms. The summed E-state index contributed by atoms with van der Waals surface area (Å²) >= 11 is 0. The van der Waals surface area contributed by atoms with E-state index < -0.39 is 0 Å². The van der Waals surface area contributed by atoms with Crippen molar-refractivity contribution in [3.63, 3.8) is 0 Å². The second-order valence-corrected chi connectivity index (χ2v) is 18.1. The van der Waals surface area contributed by atoms with E-state index in [1.54, 1.807) is 0 Å². The lowest BCUT2D eigenvalue weighted by Crippen LogP contribution is -2.04. The second-order valence-electron chi connectivity index (χ2n) is 18.1. The smallest absolute Gasteiger partial charge is 0.235 e. The molecule has 0 unspecified atom stereocenters. The number of rotatable bonds is 5. The molecule has 0 N–H and O–H groups in total. The third-order valence-corrected chi connectivity index (χ3v) is 14.4. The number of fused-ring (bicyclic) bond motifs is 13. The summed E-state index contributed by atoms with van der Waals surface area (Å²) in [5.74, 6) is 0.622. The number of aromatic nitrogens is 5. The van der Waals surface area contributed by atoms with Crippen LogP contribution in [0.4, 0.5) is 0 Å². The van der Waals surface area contributed by atoms with Gasteiger partial charge in [0.1, 0.15) is 0 Å². The van der Waals surface area contributed by atoms with Gasteiger partial charge in [0.25, 0.3) is 0 Å². The normalized spacial score (nSPS) is 12.1. The fourth-order valence-electron chi connectivity index (χ4n) is 11.5. The third-order valence-electron chi connectivity index (χ3n) is 14.4. The highest BCUT2D eigenvalue weighted by Gasteiger charge is 2.24. The Morgan fingerprint density at radius 1 is 0.261 bits per heavy atom. The van der Waals surface area contributed by atoms with Crippen LogP contribution in [0.3, 0.4) is 0 Å². The molecule has 4 aromatic heterocycles. The van der Waals surface area contributed by atoms with Crippen molar-refractivity contribution in [3.05, 3.63) is 237 Å². The van der Waals surface area contributed by atoms with Crippen LogP contribution < -0.4 is 0 Å². The van der Waals surface area contributed by atoms with Crippen LogP contribution >= 0.6 is 0 Å². The Balaban J connectivity index is 1.02. The predicted molar refractivity (Wildman–Crippen MR) is 288 cm³/mol. The van der Waals surface area contributed by atoms with Gasteiger partial charge in [0.05, 0.1) is 50.2 Å². The Morgan fingerprint density at radius 3 is 1.32 bits per heavy atom. The first-order chi connectivity index (χ1) is 34.2. The zero-order valence-electron chi connectivity index (χ0n) is 37.3. The quantitative estimate of drug-likeness (QED) is 0.173. The van der Waals surface area contributed by atoms with Crippen LogP contribution in [-0.4, -0.2) is 23.7 Å². The first-order valence-corrected chi connectivity index (χ1v) is 23.6. The zero-order chi connectivity index (χ0) is 45.2. The van der Waals surface area contributed by atoms with E-state index in [1.807, 2.05) is 0 Å². The summed E-state index contributed by atoms with van der Waals surface area (Å²) in [6.07, 6.45) is 0. The van der Waals surface area contributed by atoms with E-state index in [-0.39, 0.29) is 0 Å². The fraction of sp³-hybridized carbons (Fsp3) is 0. The summed E-state index contributed by atoms with van der Waals surface area (Å²) in [6, 6.07) is 85.6. The van der Waals surface area contributed by atoms with Crippen molar-refractivity contribution in [2.75, 3.05) is 0 Å². The molecule has 4 heterocycles. The molecule has 5 nitrogen and oxygen atoms in total. The molecule has 0 bridgehead atoms. The van der Waals surface area contributed by atoms with E-state index in [1.165, 1.54) is 54.1 Å². The molecule has 0 saturated carbocycles. The van der Waals surface area contributed by atoms with Crippen molar-refractivity contribution >= 4 is 97.7 Å². The maximum atomic E-state index is 5.54. The van der Waals surface area contributed by atoms with E-state index in [0.29, 0.717) is 5.95 Å². The molecule has 0 aliphatic carbocycles. The third kappa shape index (κ3) is 5.53. The lowest BCUT2D eigenvalue weighted by molar-refractivity contribution is 0.996. The molecule has 0 atom stereocenters. The number of hydrogen-bond acceptors (Lipinski definition) is 2. The van der Waals surface area contributed by atoms with Gasteiger partial charge in [-0.1, -0.05) is 176 Å². The molecule has 0 radical (unpaired) electrons. The molecule has 15 rings (SSSR count). The summed E-state index contributed by atoms with van der Waals surface area (Å²) in [5.41, 5.74) is 12.9. The summed E-state index contributed by atoms with van der Waals surface area (Å²) in [5, 5.41) is 14.3. The second kappa shape index (κ2) is 14.6. The van der Waals surface area contributed by atoms with Gasteiger partial charge in [-0.15, -0.1) is 0 Å². The summed E-state index contributed by atoms with van der Waals surface area (Å²) in [6.45, 7) is 0. The van der Waals surface area contributed by atoms with Gasteiger partial charge >= 0.3 is 0 Å². The molecule has 5 heteroatoms. The van der Waals surface area contributed by atoms with Gasteiger partial charge in [-0.05, 0) is 93.0 Å². The van der Waals surface area contributed by atoms with E-state index in [9.17, 15) is 0 Å². The van der Waals surface area contributed by atoms with Crippen molar-refractivity contribution in [1.82, 2.24) is 23.7 Å². The molecule has 0 fully saturated rings. The first kappa shape index (κ1) is 37.9. The maximum absolute atomic E-state index is 5.54. The van der Waals surface area contributed by atoms with Gasteiger partial charge in [-0.2, -0.15) is 0 Å². The number of benzene rings is 11. The van der Waals surface area contributed by atoms with Crippen LogP contribution in [0.5, 0.6) is 0 Å². The van der Waals surface area contributed by atoms with Crippen LogP contribution in [0.1, 0.15) is 0 Å². The molecule has 11 aromatic carbocycles. The highest BCUT2D eigenvalue weighted by molar-refractivity contribution is 6.29. The van der Waals surface area contributed by atoms with Crippen LogP contribution in [0.25, 0.3) is 138 Å². The van der Waals surface area contributed by atoms with Gasteiger partial charge in [-0.3, -0.25) is 4.57 Å². The molecular weight excluding hydrogens is 839 g/mol. The lowest BCUT2D eigenvalue weighted by atomic mass is 9.99. The van der Waals surface area contributed by atoms with Gasteiger partial charge in [0, 0.05) is 49.1 Å². The molecule has 0 saturated heterocycles. The molecule has 0 amide bonds. The van der Waals surface area contributed by atoms with E-state index in [2.05, 4.69) is 250 Å². The van der Waals surface area contributed by atoms with Crippen molar-refractivity contribution in [1.29, 1.82) is 0 Å². The Hall–Kier alpha value is -9.32. The highest BCUT2D eigenvalue weighted by Crippen LogP contribution is 2.45. The van der Waals surface area contributed by atoms with Gasteiger partial charge in [-0.25, -0.2) is 9.97 Å². The monoisotopic (exact) mass is 877 g/mol. The van der Waals surface area contributed by atoms with E-state index in [0.717, 1.165) is 77.5 Å². The standard InChI is InChI=1S/C64H39N5/c1-2-19-43-38-44(35-34-40(43)16-1)67-54-29-10-8-25-50(54)62-59(67)36-37-60-63(62)51-26-9-11-30-55(51)68(60)57-32-15-33-58-61(57)49-24-7-12-31-56(49)69(58)64-65-52(47-27-13-20-41-17-3-5-22-45(41)47)39-53(66-64)48-28-14-21-42-18-4-6-23-46(42)48/h1-39H. The Morgan fingerprint density at radius 2 is 0.696 bits per heavy atom. The SMILES string of the molecule is c1ccc2cc(-n3c4ccccc4c4c5c6ccccc6n(-c6cccc7c6c6ccccc6n7-c6nc(-c7cccc8ccccc78)cc(-c7cccc8ccccc78)n6)c5ccc43)ccc2c1. The maximum Gasteiger partial charge on any atom is 0.235 e. The van der Waals surface area contributed by atoms with Crippen molar-refractivity contribution in [2.24, 2.45) is 0 Å². The van der Waals surface area contributed by atoms with Gasteiger partial charge < -0.3 is 9.13 Å². The van der Waals surface area contributed by atoms with Crippen LogP contribution in [0.2, 0.25) is 0 Å². The number of hydrogen-bond donors (Lipinski definition) is 0. The van der Waals surface area contributed by atoms with Crippen LogP contribution in [0.15, 0.2) is 237 Å². The van der Waals surface area contributed by atoms with E-state index >= 15 is 0 Å². The van der Waals surface area contributed by atoms with Gasteiger partial charge in [0.15, 0.2) is 0 Å². The summed E-state index contributed by atoms with van der Waals surface area (Å²) < 4.78 is 7.21. The molecule has 0 aliphatic rings. The summed E-state index contributed by atoms with van der Waals surface area (Å²) in [4.78, 5) is 11.1. The van der Waals surface area contributed by atoms with Crippen molar-refractivity contribution in [3.8, 4) is 39.8 Å². The molecular formula is C64H39N5. The zero-order valence-corrected chi connectivity index (χ0v) is 37.3. The summed E-state index contributed by atoms with van der Waals surface area (Å²) in [7, 11) is 0. The minimum atomic E-state index is 0.622. The Bertz CT molecular complexity index is 4520. The first-order valence-electron chi connectivity index (χ1n) is 23.6. The average molecular weight is 878 g/mol. The Kier molecular flexibility index (Phi) is 8.00. The lowest BCUT2D eigenvalue weighted by Gasteiger charge is -2.14. The topological polar surface area (TPSA) is 40.6 Å². The highest BCUT2D eigenvalue weighted by atomic mass is 15.2. The predicted octanol–water partition coefficient (Wildman–Crippen LogP) is 16.6. The Labute approximate surface area is 396 Å². The van der Waals surface area contributed by atoms with Crippen LogP contribution in [-0.2, 0) is 0 Å². The average Bonchev–Trinajstić information content (AvgIpc) is 4.06. The molecule has 0 spiro atoms. The molecule has 15 aromatic rings. The van der Waals surface area contributed by atoms with Gasteiger partial charge in [0.2, 0.25) is 5.95 Å². The number of nitrogens with zero attached hydrogens (tertiary/aromatic N) is 5. The molecule has 320 valence electrons. The fourth-order valence-corrected chi connectivity index (χ4v) is 11.5. The van der Waals surface area contributed by atoms with Crippen molar-refractivity contribution in [2.45, 2.75) is 0 Å². The van der Waals surface area contributed by atoms with Crippen LogP contribution in [0, 0.1) is 0 Å².